The second-order valence-corrected chi connectivity index (χ2v) is 10.6. The smallest absolute Gasteiger partial charge is 0.356 e. The number of benzene rings is 1. The number of carbonyl (C=O) groups is 4. The van der Waals surface area contributed by atoms with Crippen molar-refractivity contribution < 1.29 is 29.0 Å². The number of aromatic nitrogens is 1. The predicted molar refractivity (Wildman–Crippen MR) is 171 cm³/mol. The van der Waals surface area contributed by atoms with Gasteiger partial charge in [-0.3, -0.25) is 9.59 Å². The van der Waals surface area contributed by atoms with Crippen molar-refractivity contribution in [3.05, 3.63) is 115 Å². The number of allylic oxidation sites excluding steroid dienone is 3. The van der Waals surface area contributed by atoms with Crippen LogP contribution >= 0.6 is 0 Å². The van der Waals surface area contributed by atoms with Gasteiger partial charge in [0.1, 0.15) is 17.9 Å². The van der Waals surface area contributed by atoms with Crippen molar-refractivity contribution in [1.82, 2.24) is 30.1 Å². The van der Waals surface area contributed by atoms with E-state index in [4.69, 9.17) is 4.74 Å². The van der Waals surface area contributed by atoms with Gasteiger partial charge in [0.25, 0.3) is 0 Å². The van der Waals surface area contributed by atoms with E-state index in [-0.39, 0.29) is 69.9 Å². The summed E-state index contributed by atoms with van der Waals surface area (Å²) in [5, 5.41) is 15.5. The molecular weight excluding hydrogens is 588 g/mol. The first-order chi connectivity index (χ1) is 22.3. The van der Waals surface area contributed by atoms with Crippen molar-refractivity contribution in [2.75, 3.05) is 32.8 Å². The third-order valence-electron chi connectivity index (χ3n) is 7.51. The number of aliphatic hydroxyl groups is 1. The average molecular weight is 629 g/mol. The lowest BCUT2D eigenvalue weighted by atomic mass is 9.97. The second kappa shape index (κ2) is 16.3. The number of urea groups is 1. The number of hydrazine groups is 1. The molecule has 242 valence electrons. The van der Waals surface area contributed by atoms with Crippen LogP contribution in [0.3, 0.4) is 0 Å². The van der Waals surface area contributed by atoms with Crippen LogP contribution in [-0.2, 0) is 27.4 Å². The van der Waals surface area contributed by atoms with E-state index in [1.54, 1.807) is 53.3 Å². The molecule has 2 N–H and O–H groups in total. The number of nitrogens with one attached hydrogen (secondary N) is 1. The number of fused-ring (bicyclic) bond motifs is 1. The Bertz CT molecular complexity index is 1490. The normalized spacial score (nSPS) is 18.8. The summed E-state index contributed by atoms with van der Waals surface area (Å²) in [6, 6.07) is 12.9. The number of carbonyl (C=O) groups excluding carboxylic acids is 4. The van der Waals surface area contributed by atoms with Crippen LogP contribution in [0, 0.1) is 0 Å². The van der Waals surface area contributed by atoms with Gasteiger partial charge in [0, 0.05) is 19.5 Å². The fraction of sp³-hybridized carbons (Fsp3) is 0.324. The van der Waals surface area contributed by atoms with E-state index in [2.05, 4.69) is 23.5 Å². The molecule has 0 spiro atoms. The van der Waals surface area contributed by atoms with Crippen LogP contribution < -0.4 is 5.32 Å². The first-order valence-electron chi connectivity index (χ1n) is 15.1. The zero-order valence-electron chi connectivity index (χ0n) is 26.0. The maximum atomic E-state index is 14.2. The van der Waals surface area contributed by atoms with Crippen molar-refractivity contribution in [3.63, 3.8) is 0 Å². The highest BCUT2D eigenvalue weighted by Gasteiger charge is 2.51. The van der Waals surface area contributed by atoms with Gasteiger partial charge in [-0.15, -0.1) is 6.58 Å². The lowest BCUT2D eigenvalue weighted by Crippen LogP contribution is -2.76. The number of aliphatic hydroxyl groups excluding tert-OH is 1. The van der Waals surface area contributed by atoms with E-state index in [9.17, 15) is 24.3 Å². The third kappa shape index (κ3) is 8.14. The minimum Gasteiger partial charge on any atom is -0.461 e. The number of amides is 4. The molecule has 0 unspecified atom stereocenters. The highest BCUT2D eigenvalue weighted by atomic mass is 16.5. The van der Waals surface area contributed by atoms with E-state index in [0.29, 0.717) is 11.3 Å². The summed E-state index contributed by atoms with van der Waals surface area (Å²) < 4.78 is 5.09. The van der Waals surface area contributed by atoms with E-state index in [1.807, 2.05) is 30.3 Å². The minimum absolute atomic E-state index is 0.00816. The first kappa shape index (κ1) is 33.8. The second-order valence-electron chi connectivity index (χ2n) is 10.6. The van der Waals surface area contributed by atoms with Crippen molar-refractivity contribution in [2.24, 2.45) is 0 Å². The molecule has 2 fully saturated rings. The summed E-state index contributed by atoms with van der Waals surface area (Å²) in [6.45, 7) is 9.61. The molecule has 2 aromatic rings. The maximum absolute atomic E-state index is 14.2. The van der Waals surface area contributed by atoms with Crippen molar-refractivity contribution in [1.29, 1.82) is 0 Å². The van der Waals surface area contributed by atoms with Gasteiger partial charge in [0.05, 0.1) is 38.5 Å². The maximum Gasteiger partial charge on any atom is 0.356 e. The van der Waals surface area contributed by atoms with Gasteiger partial charge < -0.3 is 25.0 Å². The van der Waals surface area contributed by atoms with E-state index < -0.39 is 24.2 Å². The van der Waals surface area contributed by atoms with Gasteiger partial charge in [-0.25, -0.2) is 24.6 Å². The minimum atomic E-state index is -0.982. The molecule has 2 saturated heterocycles. The van der Waals surface area contributed by atoms with Crippen molar-refractivity contribution >= 4 is 23.8 Å². The van der Waals surface area contributed by atoms with E-state index in [0.717, 1.165) is 5.56 Å². The number of esters is 1. The first-order valence-corrected chi connectivity index (χ1v) is 15.1. The fourth-order valence-electron chi connectivity index (χ4n) is 5.55. The zero-order chi connectivity index (χ0) is 33.1. The number of ether oxygens (including phenoxy) is 1. The number of hydrogen-bond acceptors (Lipinski definition) is 8. The molecule has 0 bridgehead atoms. The average Bonchev–Trinajstić information content (AvgIpc) is 3.05. The third-order valence-corrected chi connectivity index (χ3v) is 7.51. The van der Waals surface area contributed by atoms with Gasteiger partial charge in [0.15, 0.2) is 0 Å². The Hall–Kier alpha value is -5.07. The molecule has 3 heterocycles. The highest BCUT2D eigenvalue weighted by Crippen LogP contribution is 2.30. The van der Waals surface area contributed by atoms with Gasteiger partial charge >= 0.3 is 12.0 Å². The van der Waals surface area contributed by atoms with Crippen molar-refractivity contribution in [3.8, 4) is 0 Å². The van der Waals surface area contributed by atoms with Gasteiger partial charge in [-0.2, -0.15) is 0 Å². The Morgan fingerprint density at radius 2 is 1.91 bits per heavy atom. The van der Waals surface area contributed by atoms with Crippen LogP contribution in [0.4, 0.5) is 4.79 Å². The summed E-state index contributed by atoms with van der Waals surface area (Å²) >= 11 is 0. The molecule has 0 aliphatic carbocycles. The molecule has 0 radical (unpaired) electrons. The van der Waals surface area contributed by atoms with E-state index >= 15 is 0 Å². The highest BCUT2D eigenvalue weighted by molar-refractivity contribution is 5.92. The Balaban J connectivity index is 1.73. The molecule has 0 saturated carbocycles. The van der Waals surface area contributed by atoms with Gasteiger partial charge in [-0.1, -0.05) is 73.4 Å². The summed E-state index contributed by atoms with van der Waals surface area (Å²) in [5.41, 5.74) is 2.11. The van der Waals surface area contributed by atoms with Gasteiger partial charge in [0.2, 0.25) is 11.8 Å². The molecule has 12 nitrogen and oxygen atoms in total. The summed E-state index contributed by atoms with van der Waals surface area (Å²) in [7, 11) is 0. The number of hydrogen-bond donors (Lipinski definition) is 2. The Kier molecular flexibility index (Phi) is 12.0. The number of nitrogens with zero attached hydrogens (tertiary/aromatic N) is 5. The van der Waals surface area contributed by atoms with Crippen LogP contribution in [0.1, 0.15) is 35.1 Å². The fourth-order valence-corrected chi connectivity index (χ4v) is 5.55. The molecular formula is C34H40N6O6. The Labute approximate surface area is 268 Å². The molecule has 1 aromatic heterocycles. The summed E-state index contributed by atoms with van der Waals surface area (Å²) in [5.74, 6) is -1.24. The van der Waals surface area contributed by atoms with Crippen LogP contribution in [0.25, 0.3) is 0 Å². The molecule has 2 aliphatic heterocycles. The van der Waals surface area contributed by atoms with E-state index in [1.165, 1.54) is 22.1 Å². The van der Waals surface area contributed by atoms with Crippen LogP contribution in [-0.4, -0.2) is 98.8 Å². The summed E-state index contributed by atoms with van der Waals surface area (Å²) in [6.07, 6.45) is 7.35. The largest absolute Gasteiger partial charge is 0.461 e. The molecule has 1 aromatic carbocycles. The van der Waals surface area contributed by atoms with Crippen LogP contribution in [0.5, 0.6) is 0 Å². The van der Waals surface area contributed by atoms with Gasteiger partial charge in [-0.05, 0) is 30.2 Å². The standard InChI is InChI=1S/C34H40N6O6/c1-4-12-25(15-11-19-41)20-29-32(43)37(22-27-16-10-17-28(36-27)33(44)46-6-3)23-30-39(29)31(42)24-38(18-5-2)40(30)34(45)35-21-26-13-8-7-9-14-26/h4-5,7-17,29-30,41H,1-2,6,18-24H2,3H3,(H,35,45)/b15-11-,25-12+/t29-,30-/m0/s1. The van der Waals surface area contributed by atoms with Crippen LogP contribution in [0.2, 0.25) is 0 Å². The number of piperazine rings is 1. The van der Waals surface area contributed by atoms with Crippen LogP contribution in [0.15, 0.2) is 97.6 Å². The molecule has 46 heavy (non-hydrogen) atoms. The Morgan fingerprint density at radius 3 is 2.61 bits per heavy atom. The summed E-state index contributed by atoms with van der Waals surface area (Å²) in [4.78, 5) is 61.7. The lowest BCUT2D eigenvalue weighted by Gasteiger charge is -2.55. The predicted octanol–water partition coefficient (Wildman–Crippen LogP) is 2.80. The Morgan fingerprint density at radius 1 is 1.13 bits per heavy atom. The monoisotopic (exact) mass is 628 g/mol. The molecule has 2 aliphatic rings. The zero-order valence-corrected chi connectivity index (χ0v) is 26.0. The SMILES string of the molecule is C=C/C=C(\C=C/CO)C[C@H]1C(=O)N(Cc2cccc(C(=O)OCC)n2)C[C@H]2N1C(=O)CN(CC=C)N2C(=O)NCc1ccccc1. The lowest BCUT2D eigenvalue weighted by molar-refractivity contribution is -0.189. The quantitative estimate of drug-likeness (QED) is 0.197. The topological polar surface area (TPSA) is 136 Å². The molecule has 12 heteroatoms. The number of rotatable bonds is 13. The molecule has 4 rings (SSSR count). The molecule has 2 atom stereocenters. The number of pyridine rings is 1. The molecule has 4 amide bonds. The van der Waals surface area contributed by atoms with Crippen molar-refractivity contribution in [2.45, 2.75) is 38.6 Å².